The summed E-state index contributed by atoms with van der Waals surface area (Å²) in [6.45, 7) is 11.6. The molecule has 0 bridgehead atoms. The second-order valence-electron chi connectivity index (χ2n) is 6.94. The zero-order chi connectivity index (χ0) is 16.5. The summed E-state index contributed by atoms with van der Waals surface area (Å²) in [5.41, 5.74) is 2.23. The van der Waals surface area contributed by atoms with Crippen molar-refractivity contribution in [3.05, 3.63) is 35.8 Å². The number of nitrogens with zero attached hydrogens (tertiary/aromatic N) is 2. The van der Waals surface area contributed by atoms with Crippen molar-refractivity contribution >= 4 is 19.9 Å². The van der Waals surface area contributed by atoms with E-state index in [9.17, 15) is 4.79 Å². The van der Waals surface area contributed by atoms with Crippen LogP contribution in [0.3, 0.4) is 0 Å². The summed E-state index contributed by atoms with van der Waals surface area (Å²) in [6.07, 6.45) is 3.54. The first-order valence-corrected chi connectivity index (χ1v) is 10.2. The number of methoxy groups -OCH3 is 1. The molecule has 0 saturated heterocycles. The number of aromatic nitrogens is 2. The van der Waals surface area contributed by atoms with E-state index < -0.39 is 8.32 Å². The zero-order valence-electron chi connectivity index (χ0n) is 14.1. The first-order valence-electron chi connectivity index (χ1n) is 7.34. The molecular formula is C16H24N2O3Si. The molecule has 0 aliphatic heterocycles. The molecule has 6 heteroatoms. The van der Waals surface area contributed by atoms with Crippen LogP contribution in [0.15, 0.2) is 24.5 Å². The van der Waals surface area contributed by atoms with Crippen LogP contribution in [0.2, 0.25) is 18.1 Å². The Bertz CT molecular complexity index is 686. The lowest BCUT2D eigenvalue weighted by Crippen LogP contribution is -2.40. The van der Waals surface area contributed by atoms with E-state index in [1.54, 1.807) is 18.5 Å². The molecule has 0 unspecified atom stereocenters. The third kappa shape index (κ3) is 3.23. The third-order valence-electron chi connectivity index (χ3n) is 4.39. The Morgan fingerprint density at radius 3 is 2.59 bits per heavy atom. The maximum Gasteiger partial charge on any atom is 0.339 e. The van der Waals surface area contributed by atoms with Crippen molar-refractivity contribution < 1.29 is 14.0 Å². The minimum Gasteiger partial charge on any atom is -0.465 e. The molecule has 2 aromatic heterocycles. The van der Waals surface area contributed by atoms with E-state index in [1.807, 2.05) is 10.5 Å². The quantitative estimate of drug-likeness (QED) is 0.637. The van der Waals surface area contributed by atoms with E-state index in [0.717, 1.165) is 11.3 Å². The summed E-state index contributed by atoms with van der Waals surface area (Å²) in [7, 11) is -0.447. The molecule has 120 valence electrons. The summed E-state index contributed by atoms with van der Waals surface area (Å²) < 4.78 is 12.9. The zero-order valence-corrected chi connectivity index (χ0v) is 15.1. The molecule has 0 aromatic carbocycles. The lowest BCUT2D eigenvalue weighted by atomic mass is 10.2. The van der Waals surface area contributed by atoms with Gasteiger partial charge in [-0.2, -0.15) is 0 Å². The Hall–Kier alpha value is -1.66. The van der Waals surface area contributed by atoms with Crippen LogP contribution >= 0.6 is 0 Å². The Labute approximate surface area is 132 Å². The first kappa shape index (κ1) is 16.7. The monoisotopic (exact) mass is 320 g/mol. The molecule has 2 heterocycles. The Morgan fingerprint density at radius 2 is 2.00 bits per heavy atom. The van der Waals surface area contributed by atoms with Crippen molar-refractivity contribution in [3.63, 3.8) is 0 Å². The average Bonchev–Trinajstić information content (AvgIpc) is 2.85. The Kier molecular flexibility index (Phi) is 4.44. The molecule has 0 aliphatic rings. The van der Waals surface area contributed by atoms with Crippen molar-refractivity contribution in [3.8, 4) is 0 Å². The van der Waals surface area contributed by atoms with Gasteiger partial charge >= 0.3 is 5.97 Å². The second-order valence-corrected chi connectivity index (χ2v) is 11.7. The molecule has 0 saturated carbocycles. The number of hydrogen-bond acceptors (Lipinski definition) is 4. The van der Waals surface area contributed by atoms with Gasteiger partial charge in [0.25, 0.3) is 0 Å². The number of carbonyl (C=O) groups excluding carboxylic acids is 1. The molecule has 0 N–H and O–H groups in total. The van der Waals surface area contributed by atoms with Crippen molar-refractivity contribution in [1.82, 2.24) is 9.38 Å². The van der Waals surface area contributed by atoms with E-state index in [4.69, 9.17) is 9.16 Å². The van der Waals surface area contributed by atoms with Gasteiger partial charge in [-0.15, -0.1) is 0 Å². The summed E-state index contributed by atoms with van der Waals surface area (Å²) in [5, 5.41) is 0.157. The van der Waals surface area contributed by atoms with Gasteiger partial charge in [-0.05, 0) is 30.3 Å². The number of hydrogen-bond donors (Lipinski definition) is 0. The molecule has 2 rings (SSSR count). The van der Waals surface area contributed by atoms with Gasteiger partial charge in [-0.3, -0.25) is 0 Å². The molecule has 2 aromatic rings. The number of pyridine rings is 1. The highest BCUT2D eigenvalue weighted by molar-refractivity contribution is 6.74. The van der Waals surface area contributed by atoms with Gasteiger partial charge in [0.15, 0.2) is 8.32 Å². The van der Waals surface area contributed by atoms with Crippen LogP contribution in [0.5, 0.6) is 0 Å². The van der Waals surface area contributed by atoms with E-state index in [1.165, 1.54) is 7.11 Å². The third-order valence-corrected chi connectivity index (χ3v) is 8.87. The molecule has 0 atom stereocenters. The highest BCUT2D eigenvalue weighted by atomic mass is 28.4. The van der Waals surface area contributed by atoms with Crippen LogP contribution in [-0.4, -0.2) is 30.8 Å². The lowest BCUT2D eigenvalue weighted by Gasteiger charge is -2.36. The number of carbonyl (C=O) groups is 1. The van der Waals surface area contributed by atoms with Gasteiger partial charge in [0, 0.05) is 6.20 Å². The van der Waals surface area contributed by atoms with Crippen molar-refractivity contribution in [2.75, 3.05) is 7.11 Å². The number of ether oxygens (including phenoxy) is 1. The fourth-order valence-corrected chi connectivity index (χ4v) is 2.79. The minimum atomic E-state index is -1.82. The van der Waals surface area contributed by atoms with E-state index >= 15 is 0 Å². The van der Waals surface area contributed by atoms with Gasteiger partial charge in [-0.25, -0.2) is 9.78 Å². The van der Waals surface area contributed by atoms with E-state index in [2.05, 4.69) is 38.8 Å². The fourth-order valence-electron chi connectivity index (χ4n) is 1.85. The van der Waals surface area contributed by atoms with Crippen LogP contribution in [0.4, 0.5) is 0 Å². The largest absolute Gasteiger partial charge is 0.465 e. The molecule has 0 amide bonds. The molecule has 5 nitrogen and oxygen atoms in total. The average molecular weight is 320 g/mol. The second kappa shape index (κ2) is 5.85. The molecule has 0 fully saturated rings. The van der Waals surface area contributed by atoms with Crippen LogP contribution in [0, 0.1) is 0 Å². The maximum atomic E-state index is 11.7. The van der Waals surface area contributed by atoms with Gasteiger partial charge in [0.1, 0.15) is 5.65 Å². The predicted octanol–water partition coefficient (Wildman–Crippen LogP) is 3.64. The molecule has 22 heavy (non-hydrogen) atoms. The molecule has 0 radical (unpaired) electrons. The van der Waals surface area contributed by atoms with Crippen LogP contribution in [0.25, 0.3) is 5.65 Å². The highest BCUT2D eigenvalue weighted by Crippen LogP contribution is 2.37. The Balaban J connectivity index is 2.27. The topological polar surface area (TPSA) is 52.8 Å². The van der Waals surface area contributed by atoms with E-state index in [0.29, 0.717) is 12.2 Å². The summed E-state index contributed by atoms with van der Waals surface area (Å²) >= 11 is 0. The highest BCUT2D eigenvalue weighted by Gasteiger charge is 2.37. The molecular weight excluding hydrogens is 296 g/mol. The maximum absolute atomic E-state index is 11.7. The normalized spacial score (nSPS) is 12.6. The Morgan fingerprint density at radius 1 is 1.32 bits per heavy atom. The van der Waals surface area contributed by atoms with Gasteiger partial charge in [0.05, 0.1) is 31.2 Å². The van der Waals surface area contributed by atoms with Crippen molar-refractivity contribution in [2.45, 2.75) is 45.5 Å². The fraction of sp³-hybridized carbons (Fsp3) is 0.500. The van der Waals surface area contributed by atoms with Crippen LogP contribution in [0.1, 0.15) is 36.8 Å². The summed E-state index contributed by atoms with van der Waals surface area (Å²) in [5.74, 6) is -0.355. The number of esters is 1. The standard InChI is InChI=1S/C16H24N2O3Si/c1-16(2,3)22(5,6)21-11-13-9-17-14-8-7-12(10-18(13)14)15(19)20-4/h7-10H,11H2,1-6H3. The number of fused-ring (bicyclic) bond motifs is 1. The van der Waals surface area contributed by atoms with Crippen LogP contribution in [-0.2, 0) is 15.8 Å². The summed E-state index contributed by atoms with van der Waals surface area (Å²) in [4.78, 5) is 16.0. The molecule has 0 aliphatic carbocycles. The van der Waals surface area contributed by atoms with Crippen molar-refractivity contribution in [1.29, 1.82) is 0 Å². The minimum absolute atomic E-state index is 0.157. The number of rotatable bonds is 4. The van der Waals surface area contributed by atoms with E-state index in [-0.39, 0.29) is 11.0 Å². The van der Waals surface area contributed by atoms with Gasteiger partial charge in [-0.1, -0.05) is 20.8 Å². The molecule has 0 spiro atoms. The van der Waals surface area contributed by atoms with Gasteiger partial charge in [0.2, 0.25) is 0 Å². The smallest absolute Gasteiger partial charge is 0.339 e. The SMILES string of the molecule is COC(=O)c1ccc2ncc(CO[Si](C)(C)C(C)(C)C)n2c1. The van der Waals surface area contributed by atoms with Crippen LogP contribution < -0.4 is 0 Å². The number of imidazole rings is 1. The first-order chi connectivity index (χ1) is 10.2. The van der Waals surface area contributed by atoms with Crippen molar-refractivity contribution in [2.24, 2.45) is 0 Å². The predicted molar refractivity (Wildman–Crippen MR) is 88.5 cm³/mol. The lowest BCUT2D eigenvalue weighted by molar-refractivity contribution is 0.0600. The van der Waals surface area contributed by atoms with Gasteiger partial charge < -0.3 is 13.6 Å². The summed E-state index contributed by atoms with van der Waals surface area (Å²) in [6, 6.07) is 3.52.